The van der Waals surface area contributed by atoms with Gasteiger partial charge in [0.1, 0.15) is 0 Å². The molecule has 0 spiro atoms. The Morgan fingerprint density at radius 3 is 2.51 bits per heavy atom. The number of imide groups is 1. The van der Waals surface area contributed by atoms with Crippen molar-refractivity contribution in [2.45, 2.75) is 20.4 Å². The van der Waals surface area contributed by atoms with Crippen LogP contribution in [0.2, 0.25) is 0 Å². The zero-order chi connectivity index (χ0) is 26.5. The Bertz CT molecular complexity index is 1390. The van der Waals surface area contributed by atoms with E-state index in [4.69, 9.17) is 9.47 Å². The summed E-state index contributed by atoms with van der Waals surface area (Å²) < 4.78 is 12.1. The van der Waals surface area contributed by atoms with Gasteiger partial charge in [-0.1, -0.05) is 46.3 Å². The molecule has 1 aliphatic heterocycles. The van der Waals surface area contributed by atoms with Gasteiger partial charge in [-0.15, -0.1) is 0 Å². The molecule has 0 saturated carbocycles. The lowest BCUT2D eigenvalue weighted by atomic mass is 10.1. The average Bonchev–Trinajstić information content (AvgIpc) is 3.13. The molecule has 1 N–H and O–H groups in total. The first-order valence-corrected chi connectivity index (χ1v) is 13.0. The maximum absolute atomic E-state index is 12.9. The number of ether oxygens (including phenoxy) is 2. The summed E-state index contributed by atoms with van der Waals surface area (Å²) in [6.45, 7) is 3.89. The Morgan fingerprint density at radius 1 is 1.03 bits per heavy atom. The third-order valence-electron chi connectivity index (χ3n) is 5.64. The smallest absolute Gasteiger partial charge is 0.293 e. The number of carbonyl (C=O) groups is 3. The molecular weight excluding hydrogens is 556 g/mol. The van der Waals surface area contributed by atoms with E-state index in [1.54, 1.807) is 24.3 Å². The molecule has 1 saturated heterocycles. The second-order valence-electron chi connectivity index (χ2n) is 8.46. The summed E-state index contributed by atoms with van der Waals surface area (Å²) in [5.74, 6) is 0.154. The molecule has 1 aliphatic rings. The minimum Gasteiger partial charge on any atom is -0.493 e. The van der Waals surface area contributed by atoms with Crippen LogP contribution in [0.15, 0.2) is 70.0 Å². The number of nitrogens with one attached hydrogen (secondary N) is 1. The molecule has 1 heterocycles. The largest absolute Gasteiger partial charge is 0.493 e. The number of rotatable bonds is 8. The number of hydrogen-bond donors (Lipinski definition) is 1. The predicted molar refractivity (Wildman–Crippen MR) is 149 cm³/mol. The first-order valence-electron chi connectivity index (χ1n) is 11.4. The second-order valence-corrected chi connectivity index (χ2v) is 10.4. The van der Waals surface area contributed by atoms with Gasteiger partial charge in [-0.3, -0.25) is 19.3 Å². The van der Waals surface area contributed by atoms with Crippen molar-refractivity contribution in [3.63, 3.8) is 0 Å². The van der Waals surface area contributed by atoms with Gasteiger partial charge >= 0.3 is 0 Å². The topological polar surface area (TPSA) is 84.9 Å². The Hall–Kier alpha value is -3.56. The van der Waals surface area contributed by atoms with Crippen LogP contribution in [0.4, 0.5) is 10.5 Å². The number of aryl methyl sites for hydroxylation is 2. The molecule has 3 aromatic carbocycles. The summed E-state index contributed by atoms with van der Waals surface area (Å²) in [5.41, 5.74) is 4.27. The van der Waals surface area contributed by atoms with E-state index >= 15 is 0 Å². The molecule has 1 fully saturated rings. The van der Waals surface area contributed by atoms with Crippen LogP contribution in [0.5, 0.6) is 11.5 Å². The van der Waals surface area contributed by atoms with Crippen molar-refractivity contribution < 1.29 is 23.9 Å². The minimum atomic E-state index is -0.347. The maximum Gasteiger partial charge on any atom is 0.293 e. The lowest BCUT2D eigenvalue weighted by Crippen LogP contribution is -2.27. The van der Waals surface area contributed by atoms with Gasteiger partial charge < -0.3 is 14.8 Å². The van der Waals surface area contributed by atoms with Gasteiger partial charge in [0, 0.05) is 10.2 Å². The lowest BCUT2D eigenvalue weighted by molar-refractivity contribution is -0.123. The number of amides is 3. The normalized spacial score (nSPS) is 14.3. The molecule has 9 heteroatoms. The molecule has 4 rings (SSSR count). The van der Waals surface area contributed by atoms with E-state index < -0.39 is 0 Å². The zero-order valence-electron chi connectivity index (χ0n) is 20.5. The summed E-state index contributed by atoms with van der Waals surface area (Å²) in [7, 11) is 1.49. The number of hydrogen-bond acceptors (Lipinski definition) is 6. The fraction of sp³-hybridized carbons (Fsp3) is 0.179. The Kier molecular flexibility index (Phi) is 8.35. The number of halogens is 1. The molecular formula is C28H25BrN2O5S. The summed E-state index contributed by atoms with van der Waals surface area (Å²) in [6, 6.07) is 18.4. The SMILES string of the molecule is COc1cc(/C=C2\SC(=O)N(Cc3ccc(Br)cc3)C2=O)ccc1OCC(=O)Nc1cc(C)ccc1C. The van der Waals surface area contributed by atoms with E-state index in [-0.39, 0.29) is 30.2 Å². The summed E-state index contributed by atoms with van der Waals surface area (Å²) in [6.07, 6.45) is 1.64. The standard InChI is InChI=1S/C28H25BrN2O5S/c1-17-4-5-18(2)22(12-17)30-26(32)16-36-23-11-8-20(13-24(23)35-3)14-25-27(33)31(28(34)37-25)15-19-6-9-21(29)10-7-19/h4-14H,15-16H2,1-3H3,(H,30,32)/b25-14-. The van der Waals surface area contributed by atoms with E-state index in [1.165, 1.54) is 12.0 Å². The Morgan fingerprint density at radius 2 is 1.78 bits per heavy atom. The first kappa shape index (κ1) is 26.5. The summed E-state index contributed by atoms with van der Waals surface area (Å²) in [4.78, 5) is 39.4. The van der Waals surface area contributed by atoms with E-state index in [0.29, 0.717) is 22.0 Å². The van der Waals surface area contributed by atoms with Crippen molar-refractivity contribution in [1.82, 2.24) is 4.90 Å². The van der Waals surface area contributed by atoms with Crippen LogP contribution in [0.1, 0.15) is 22.3 Å². The number of nitrogens with zero attached hydrogens (tertiary/aromatic N) is 1. The molecule has 0 bridgehead atoms. The van der Waals surface area contributed by atoms with Gasteiger partial charge in [0.2, 0.25) is 0 Å². The van der Waals surface area contributed by atoms with Crippen molar-refractivity contribution in [3.8, 4) is 11.5 Å². The van der Waals surface area contributed by atoms with E-state index in [9.17, 15) is 14.4 Å². The van der Waals surface area contributed by atoms with Crippen LogP contribution < -0.4 is 14.8 Å². The third kappa shape index (κ3) is 6.61. The number of carbonyl (C=O) groups excluding carboxylic acids is 3. The molecule has 0 atom stereocenters. The molecule has 37 heavy (non-hydrogen) atoms. The maximum atomic E-state index is 12.9. The minimum absolute atomic E-state index is 0.196. The summed E-state index contributed by atoms with van der Waals surface area (Å²) >= 11 is 4.28. The number of methoxy groups -OCH3 is 1. The van der Waals surface area contributed by atoms with Crippen molar-refractivity contribution >= 4 is 56.5 Å². The number of anilines is 1. The fourth-order valence-corrected chi connectivity index (χ4v) is 4.76. The van der Waals surface area contributed by atoms with Gasteiger partial charge in [0.15, 0.2) is 18.1 Å². The molecule has 7 nitrogen and oxygen atoms in total. The highest BCUT2D eigenvalue weighted by Gasteiger charge is 2.35. The van der Waals surface area contributed by atoms with Crippen molar-refractivity contribution in [2.24, 2.45) is 0 Å². The Balaban J connectivity index is 1.42. The first-order chi connectivity index (χ1) is 17.7. The van der Waals surface area contributed by atoms with E-state index in [2.05, 4.69) is 21.2 Å². The molecule has 0 radical (unpaired) electrons. The molecule has 3 aromatic rings. The number of thioether (sulfide) groups is 1. The van der Waals surface area contributed by atoms with Crippen molar-refractivity contribution in [2.75, 3.05) is 19.0 Å². The highest BCUT2D eigenvalue weighted by Crippen LogP contribution is 2.35. The monoisotopic (exact) mass is 580 g/mol. The van der Waals surface area contributed by atoms with Crippen LogP contribution in [0.25, 0.3) is 6.08 Å². The molecule has 0 unspecified atom stereocenters. The van der Waals surface area contributed by atoms with Gasteiger partial charge in [0.25, 0.3) is 17.1 Å². The quantitative estimate of drug-likeness (QED) is 0.313. The summed E-state index contributed by atoms with van der Waals surface area (Å²) in [5, 5.41) is 2.54. The van der Waals surface area contributed by atoms with E-state index in [1.807, 2.05) is 56.3 Å². The molecule has 190 valence electrons. The van der Waals surface area contributed by atoms with Crippen LogP contribution in [0.3, 0.4) is 0 Å². The Labute approximate surface area is 228 Å². The van der Waals surface area contributed by atoms with Crippen LogP contribution in [-0.2, 0) is 16.1 Å². The average molecular weight is 581 g/mol. The van der Waals surface area contributed by atoms with Crippen LogP contribution >= 0.6 is 27.7 Å². The number of benzene rings is 3. The lowest BCUT2D eigenvalue weighted by Gasteiger charge is -2.13. The molecule has 3 amide bonds. The van der Waals surface area contributed by atoms with Gasteiger partial charge in [-0.25, -0.2) is 0 Å². The third-order valence-corrected chi connectivity index (χ3v) is 7.07. The zero-order valence-corrected chi connectivity index (χ0v) is 22.9. The molecule has 0 aliphatic carbocycles. The molecule has 0 aromatic heterocycles. The van der Waals surface area contributed by atoms with Crippen molar-refractivity contribution in [1.29, 1.82) is 0 Å². The van der Waals surface area contributed by atoms with E-state index in [0.717, 1.165) is 38.6 Å². The van der Waals surface area contributed by atoms with Gasteiger partial charge in [-0.2, -0.15) is 0 Å². The van der Waals surface area contributed by atoms with Crippen LogP contribution in [-0.4, -0.2) is 35.7 Å². The van der Waals surface area contributed by atoms with Crippen LogP contribution in [0, 0.1) is 13.8 Å². The fourth-order valence-electron chi connectivity index (χ4n) is 3.65. The predicted octanol–water partition coefficient (Wildman–Crippen LogP) is 6.33. The van der Waals surface area contributed by atoms with Gasteiger partial charge in [-0.05, 0) is 84.3 Å². The highest BCUT2D eigenvalue weighted by atomic mass is 79.9. The second kappa shape index (κ2) is 11.7. The van der Waals surface area contributed by atoms with Gasteiger partial charge in [0.05, 0.1) is 18.6 Å². The highest BCUT2D eigenvalue weighted by molar-refractivity contribution is 9.10. The van der Waals surface area contributed by atoms with Crippen molar-refractivity contribution in [3.05, 3.63) is 92.3 Å².